The number of carbonyl (C=O) groups is 1. The summed E-state index contributed by atoms with van der Waals surface area (Å²) in [5, 5.41) is 0. The highest BCUT2D eigenvalue weighted by Crippen LogP contribution is 2.37. The molecule has 1 amide bonds. The summed E-state index contributed by atoms with van der Waals surface area (Å²) in [5.41, 5.74) is 8.51. The van der Waals surface area contributed by atoms with E-state index in [1.807, 2.05) is 24.3 Å². The molecule has 0 aliphatic carbocycles. The molecule has 0 aromatic heterocycles. The van der Waals surface area contributed by atoms with E-state index in [0.29, 0.717) is 17.6 Å². The molecule has 1 fully saturated rings. The van der Waals surface area contributed by atoms with Crippen LogP contribution in [0.5, 0.6) is 0 Å². The monoisotopic (exact) mass is 294 g/mol. The summed E-state index contributed by atoms with van der Waals surface area (Å²) in [6.07, 6.45) is 2.15. The van der Waals surface area contributed by atoms with Crippen LogP contribution in [0.4, 0.5) is 0 Å². The fraction of sp³-hybridized carbons (Fsp3) is 0.316. The van der Waals surface area contributed by atoms with Gasteiger partial charge in [-0.25, -0.2) is 0 Å². The van der Waals surface area contributed by atoms with Crippen LogP contribution in [0, 0.1) is 0 Å². The van der Waals surface area contributed by atoms with E-state index in [-0.39, 0.29) is 5.91 Å². The Morgan fingerprint density at radius 1 is 1.18 bits per heavy atom. The highest BCUT2D eigenvalue weighted by Gasteiger charge is 2.38. The van der Waals surface area contributed by atoms with Crippen molar-refractivity contribution in [1.29, 1.82) is 0 Å². The summed E-state index contributed by atoms with van der Waals surface area (Å²) in [5.74, 6) is -0.366. The standard InChI is InChI=1S/C19H22N2O/c1-14(21-13-18(21)16-5-3-2-4-6-16)7-8-15-9-11-17(12-10-15)19(20)22/h2-6,9-12,14,18H,7-8,13H2,1H3,(H2,20,22)/t14-,18?,21?/m1/s1. The van der Waals surface area contributed by atoms with Gasteiger partial charge in [0, 0.05) is 24.2 Å². The first-order valence-corrected chi connectivity index (χ1v) is 7.84. The number of amides is 1. The van der Waals surface area contributed by atoms with Gasteiger partial charge in [-0.05, 0) is 43.0 Å². The summed E-state index contributed by atoms with van der Waals surface area (Å²) in [7, 11) is 0. The maximum atomic E-state index is 11.1. The Kier molecular flexibility index (Phi) is 4.25. The van der Waals surface area contributed by atoms with Gasteiger partial charge in [0.25, 0.3) is 0 Å². The molecular weight excluding hydrogens is 272 g/mol. The Morgan fingerprint density at radius 3 is 2.50 bits per heavy atom. The van der Waals surface area contributed by atoms with Gasteiger partial charge in [-0.15, -0.1) is 0 Å². The van der Waals surface area contributed by atoms with Gasteiger partial charge in [0.05, 0.1) is 0 Å². The number of carbonyl (C=O) groups excluding carboxylic acids is 1. The molecular formula is C19H22N2O. The van der Waals surface area contributed by atoms with E-state index >= 15 is 0 Å². The Hall–Kier alpha value is -2.13. The van der Waals surface area contributed by atoms with Crippen LogP contribution in [0.15, 0.2) is 54.6 Å². The Bertz CT molecular complexity index is 636. The van der Waals surface area contributed by atoms with Gasteiger partial charge in [0.2, 0.25) is 5.91 Å². The quantitative estimate of drug-likeness (QED) is 0.832. The number of benzene rings is 2. The molecule has 3 atom stereocenters. The molecule has 0 radical (unpaired) electrons. The van der Waals surface area contributed by atoms with Crippen molar-refractivity contribution in [3.05, 3.63) is 71.3 Å². The van der Waals surface area contributed by atoms with E-state index in [0.717, 1.165) is 19.4 Å². The second-order valence-electron chi connectivity index (χ2n) is 6.07. The molecule has 1 aliphatic heterocycles. The van der Waals surface area contributed by atoms with Crippen molar-refractivity contribution < 1.29 is 4.79 Å². The van der Waals surface area contributed by atoms with Crippen molar-refractivity contribution in [2.75, 3.05) is 6.54 Å². The summed E-state index contributed by atoms with van der Waals surface area (Å²) in [6.45, 7) is 3.45. The van der Waals surface area contributed by atoms with Crippen molar-refractivity contribution in [2.45, 2.75) is 31.8 Å². The third kappa shape index (κ3) is 3.37. The normalized spacial score (nSPS) is 21.3. The highest BCUT2D eigenvalue weighted by atomic mass is 16.1. The van der Waals surface area contributed by atoms with E-state index in [1.165, 1.54) is 11.1 Å². The minimum absolute atomic E-state index is 0.366. The second kappa shape index (κ2) is 6.32. The third-order valence-electron chi connectivity index (χ3n) is 4.49. The minimum atomic E-state index is -0.366. The highest BCUT2D eigenvalue weighted by molar-refractivity contribution is 5.92. The average Bonchev–Trinajstić information content (AvgIpc) is 3.34. The van der Waals surface area contributed by atoms with Gasteiger partial charge in [0.15, 0.2) is 0 Å². The molecule has 2 aromatic rings. The van der Waals surface area contributed by atoms with Crippen LogP contribution < -0.4 is 5.73 Å². The summed E-state index contributed by atoms with van der Waals surface area (Å²) in [6, 6.07) is 19.5. The second-order valence-corrected chi connectivity index (χ2v) is 6.07. The van der Waals surface area contributed by atoms with Crippen LogP contribution in [-0.2, 0) is 6.42 Å². The van der Waals surface area contributed by atoms with Gasteiger partial charge >= 0.3 is 0 Å². The fourth-order valence-corrected chi connectivity index (χ4v) is 2.99. The molecule has 3 nitrogen and oxygen atoms in total. The maximum Gasteiger partial charge on any atom is 0.248 e. The zero-order chi connectivity index (χ0) is 15.5. The zero-order valence-electron chi connectivity index (χ0n) is 12.9. The minimum Gasteiger partial charge on any atom is -0.366 e. The molecule has 0 saturated carbocycles. The van der Waals surface area contributed by atoms with Crippen LogP contribution in [0.25, 0.3) is 0 Å². The van der Waals surface area contributed by atoms with Gasteiger partial charge < -0.3 is 5.73 Å². The molecule has 22 heavy (non-hydrogen) atoms. The first-order chi connectivity index (χ1) is 10.6. The van der Waals surface area contributed by atoms with E-state index in [1.54, 1.807) is 0 Å². The van der Waals surface area contributed by atoms with Crippen molar-refractivity contribution in [1.82, 2.24) is 4.90 Å². The number of nitrogens with zero attached hydrogens (tertiary/aromatic N) is 1. The molecule has 2 aromatic carbocycles. The smallest absolute Gasteiger partial charge is 0.248 e. The number of aryl methyl sites for hydroxylation is 1. The average molecular weight is 294 g/mol. The van der Waals surface area contributed by atoms with Crippen molar-refractivity contribution in [3.63, 3.8) is 0 Å². The van der Waals surface area contributed by atoms with Gasteiger partial charge in [-0.1, -0.05) is 42.5 Å². The first kappa shape index (κ1) is 14.8. The number of primary amides is 1. The fourth-order valence-electron chi connectivity index (χ4n) is 2.99. The number of hydrogen-bond acceptors (Lipinski definition) is 2. The largest absolute Gasteiger partial charge is 0.366 e. The number of rotatable bonds is 6. The van der Waals surface area contributed by atoms with E-state index in [9.17, 15) is 4.79 Å². The van der Waals surface area contributed by atoms with Crippen LogP contribution in [0.1, 0.15) is 40.9 Å². The number of hydrogen-bond donors (Lipinski definition) is 1. The first-order valence-electron chi connectivity index (χ1n) is 7.84. The lowest BCUT2D eigenvalue weighted by Gasteiger charge is -2.14. The summed E-state index contributed by atoms with van der Waals surface area (Å²) in [4.78, 5) is 13.6. The van der Waals surface area contributed by atoms with E-state index < -0.39 is 0 Å². The molecule has 1 saturated heterocycles. The van der Waals surface area contributed by atoms with Gasteiger partial charge in [-0.2, -0.15) is 0 Å². The molecule has 1 aliphatic rings. The predicted octanol–water partition coefficient (Wildman–Crippen LogP) is 3.16. The van der Waals surface area contributed by atoms with E-state index in [4.69, 9.17) is 5.73 Å². The third-order valence-corrected chi connectivity index (χ3v) is 4.49. The molecule has 0 spiro atoms. The van der Waals surface area contributed by atoms with Crippen molar-refractivity contribution >= 4 is 5.91 Å². The maximum absolute atomic E-state index is 11.1. The van der Waals surface area contributed by atoms with Crippen LogP contribution in [0.2, 0.25) is 0 Å². The van der Waals surface area contributed by atoms with E-state index in [2.05, 4.69) is 42.2 Å². The molecule has 114 valence electrons. The predicted molar refractivity (Wildman–Crippen MR) is 88.6 cm³/mol. The summed E-state index contributed by atoms with van der Waals surface area (Å²) >= 11 is 0. The lowest BCUT2D eigenvalue weighted by molar-refractivity contribution is 0.100. The van der Waals surface area contributed by atoms with Crippen LogP contribution in [-0.4, -0.2) is 23.4 Å². The van der Waals surface area contributed by atoms with Gasteiger partial charge in [-0.3, -0.25) is 9.69 Å². The topological polar surface area (TPSA) is 46.1 Å². The van der Waals surface area contributed by atoms with Crippen molar-refractivity contribution in [2.24, 2.45) is 5.73 Å². The Morgan fingerprint density at radius 2 is 1.86 bits per heavy atom. The Balaban J connectivity index is 1.51. The Labute approximate surface area is 131 Å². The van der Waals surface area contributed by atoms with Crippen LogP contribution >= 0.6 is 0 Å². The lowest BCUT2D eigenvalue weighted by Crippen LogP contribution is -2.16. The summed E-state index contributed by atoms with van der Waals surface area (Å²) < 4.78 is 0. The number of nitrogens with two attached hydrogens (primary N) is 1. The molecule has 3 heteroatoms. The van der Waals surface area contributed by atoms with Crippen LogP contribution in [0.3, 0.4) is 0 Å². The molecule has 0 bridgehead atoms. The zero-order valence-corrected chi connectivity index (χ0v) is 12.9. The SMILES string of the molecule is C[C@H](CCc1ccc(C(N)=O)cc1)N1CC1c1ccccc1. The molecule has 2 unspecified atom stereocenters. The molecule has 3 rings (SSSR count). The van der Waals surface area contributed by atoms with Crippen molar-refractivity contribution in [3.8, 4) is 0 Å². The van der Waals surface area contributed by atoms with Gasteiger partial charge in [0.1, 0.15) is 0 Å². The molecule has 2 N–H and O–H groups in total. The molecule has 1 heterocycles. The lowest BCUT2D eigenvalue weighted by atomic mass is 10.0.